The average Bonchev–Trinajstić information content (AvgIpc) is 3.03. The molecule has 0 aliphatic carbocycles. The molecule has 0 aliphatic rings. The number of amides is 1. The second kappa shape index (κ2) is 9.12. The molecule has 0 spiro atoms. The van der Waals surface area contributed by atoms with Crippen LogP contribution in [0.3, 0.4) is 0 Å². The lowest BCUT2D eigenvalue weighted by molar-refractivity contribution is -0.115. The van der Waals surface area contributed by atoms with E-state index in [1.165, 1.54) is 11.8 Å². The van der Waals surface area contributed by atoms with E-state index in [0.29, 0.717) is 28.8 Å². The summed E-state index contributed by atoms with van der Waals surface area (Å²) in [4.78, 5) is 24.7. The molecule has 2 N–H and O–H groups in total. The first-order valence-corrected chi connectivity index (χ1v) is 10.1. The average molecular weight is 417 g/mol. The van der Waals surface area contributed by atoms with Gasteiger partial charge in [-0.25, -0.2) is 9.89 Å². The van der Waals surface area contributed by atoms with Crippen LogP contribution in [0.1, 0.15) is 18.1 Å². The van der Waals surface area contributed by atoms with Crippen LogP contribution < -0.4 is 11.0 Å². The zero-order chi connectivity index (χ0) is 20.1. The first-order chi connectivity index (χ1) is 13.4. The third kappa shape index (κ3) is 5.05. The normalized spacial score (nSPS) is 12.0. The standard InChI is InChI=1S/C20H21ClN4O2S/c1-13-8-9-16(21)12-17(13)22-18(26)14(2)28-20-24-23-19(27)25(20)11-10-15-6-4-3-5-7-15/h3-9,12,14H,10-11H2,1-2H3,(H,22,26)(H,23,27)/t14-/m1/s1. The predicted octanol–water partition coefficient (Wildman–Crippen LogP) is 3.90. The molecule has 6 nitrogen and oxygen atoms in total. The summed E-state index contributed by atoms with van der Waals surface area (Å²) in [6, 6.07) is 15.3. The molecule has 0 saturated carbocycles. The molecule has 0 saturated heterocycles. The molecule has 2 aromatic carbocycles. The number of H-pyrrole nitrogens is 1. The molecule has 3 rings (SSSR count). The molecule has 1 heterocycles. The molecule has 8 heteroatoms. The van der Waals surface area contributed by atoms with Crippen molar-refractivity contribution < 1.29 is 4.79 Å². The highest BCUT2D eigenvalue weighted by atomic mass is 35.5. The number of hydrogen-bond donors (Lipinski definition) is 2. The van der Waals surface area contributed by atoms with Crippen LogP contribution in [0.15, 0.2) is 58.5 Å². The lowest BCUT2D eigenvalue weighted by Crippen LogP contribution is -2.24. The lowest BCUT2D eigenvalue weighted by atomic mass is 10.1. The van der Waals surface area contributed by atoms with Gasteiger partial charge in [0, 0.05) is 17.3 Å². The summed E-state index contributed by atoms with van der Waals surface area (Å²) in [6.45, 7) is 4.17. The van der Waals surface area contributed by atoms with Crippen LogP contribution in [0.4, 0.5) is 5.69 Å². The summed E-state index contributed by atoms with van der Waals surface area (Å²) in [6.07, 6.45) is 0.704. The van der Waals surface area contributed by atoms with Crippen molar-refractivity contribution in [3.8, 4) is 0 Å². The minimum Gasteiger partial charge on any atom is -0.325 e. The number of rotatable bonds is 7. The fourth-order valence-electron chi connectivity index (χ4n) is 2.65. The number of carbonyl (C=O) groups excluding carboxylic acids is 1. The van der Waals surface area contributed by atoms with Gasteiger partial charge in [0.15, 0.2) is 5.16 Å². The number of benzene rings is 2. The quantitative estimate of drug-likeness (QED) is 0.572. The highest BCUT2D eigenvalue weighted by molar-refractivity contribution is 8.00. The predicted molar refractivity (Wildman–Crippen MR) is 113 cm³/mol. The van der Waals surface area contributed by atoms with E-state index < -0.39 is 5.25 Å². The number of carbonyl (C=O) groups is 1. The Kier molecular flexibility index (Phi) is 6.59. The first kappa shape index (κ1) is 20.2. The van der Waals surface area contributed by atoms with Gasteiger partial charge in [0.2, 0.25) is 5.91 Å². The second-order valence-corrected chi connectivity index (χ2v) is 8.15. The van der Waals surface area contributed by atoms with Gasteiger partial charge in [0.1, 0.15) is 0 Å². The number of halogens is 1. The Hall–Kier alpha value is -2.51. The Bertz CT molecular complexity index is 1020. The zero-order valence-corrected chi connectivity index (χ0v) is 17.2. The number of nitrogens with zero attached hydrogens (tertiary/aromatic N) is 2. The van der Waals surface area contributed by atoms with Gasteiger partial charge in [-0.05, 0) is 43.5 Å². The summed E-state index contributed by atoms with van der Waals surface area (Å²) in [5, 5.41) is 10.0. The van der Waals surface area contributed by atoms with Crippen LogP contribution in [0.2, 0.25) is 5.02 Å². The molecule has 0 radical (unpaired) electrons. The van der Waals surface area contributed by atoms with Crippen molar-refractivity contribution in [2.24, 2.45) is 0 Å². The van der Waals surface area contributed by atoms with Crippen molar-refractivity contribution in [2.45, 2.75) is 37.2 Å². The first-order valence-electron chi connectivity index (χ1n) is 8.87. The molecule has 0 unspecified atom stereocenters. The summed E-state index contributed by atoms with van der Waals surface area (Å²) >= 11 is 7.25. The van der Waals surface area contributed by atoms with E-state index >= 15 is 0 Å². The molecule has 0 aliphatic heterocycles. The Morgan fingerprint density at radius 1 is 1.29 bits per heavy atom. The van der Waals surface area contributed by atoms with E-state index in [9.17, 15) is 9.59 Å². The van der Waals surface area contributed by atoms with Crippen molar-refractivity contribution in [1.82, 2.24) is 14.8 Å². The summed E-state index contributed by atoms with van der Waals surface area (Å²) in [5.74, 6) is -0.180. The molecule has 3 aromatic rings. The van der Waals surface area contributed by atoms with E-state index in [1.807, 2.05) is 43.3 Å². The van der Waals surface area contributed by atoms with Gasteiger partial charge >= 0.3 is 5.69 Å². The Morgan fingerprint density at radius 2 is 2.04 bits per heavy atom. The number of thioether (sulfide) groups is 1. The maximum Gasteiger partial charge on any atom is 0.343 e. The monoisotopic (exact) mass is 416 g/mol. The highest BCUT2D eigenvalue weighted by Crippen LogP contribution is 2.24. The van der Waals surface area contributed by atoms with E-state index in [0.717, 1.165) is 11.1 Å². The van der Waals surface area contributed by atoms with Crippen molar-refractivity contribution in [3.63, 3.8) is 0 Å². The second-order valence-electron chi connectivity index (χ2n) is 6.41. The van der Waals surface area contributed by atoms with Crippen molar-refractivity contribution in [1.29, 1.82) is 0 Å². The summed E-state index contributed by atoms with van der Waals surface area (Å²) in [5.41, 5.74) is 2.45. The molecule has 1 atom stereocenters. The van der Waals surface area contributed by atoms with Crippen LogP contribution >= 0.6 is 23.4 Å². The lowest BCUT2D eigenvalue weighted by Gasteiger charge is -2.14. The number of aromatic nitrogens is 3. The molecule has 0 fully saturated rings. The largest absolute Gasteiger partial charge is 0.343 e. The Labute approximate surface area is 172 Å². The van der Waals surface area contributed by atoms with Gasteiger partial charge in [0.25, 0.3) is 0 Å². The van der Waals surface area contributed by atoms with E-state index in [1.54, 1.807) is 23.6 Å². The number of anilines is 1. The number of aryl methyl sites for hydroxylation is 2. The van der Waals surface area contributed by atoms with Gasteiger partial charge in [-0.1, -0.05) is 59.8 Å². The molecule has 146 valence electrons. The number of nitrogens with one attached hydrogen (secondary N) is 2. The number of hydrogen-bond acceptors (Lipinski definition) is 4. The van der Waals surface area contributed by atoms with Crippen LogP contribution in [0, 0.1) is 6.92 Å². The fourth-order valence-corrected chi connectivity index (χ4v) is 3.70. The summed E-state index contributed by atoms with van der Waals surface area (Å²) < 4.78 is 1.56. The smallest absolute Gasteiger partial charge is 0.325 e. The maximum atomic E-state index is 12.6. The molecule has 0 bridgehead atoms. The molecule has 1 amide bonds. The SMILES string of the molecule is Cc1ccc(Cl)cc1NC(=O)[C@@H](C)Sc1n[nH]c(=O)n1CCc1ccccc1. The van der Waals surface area contributed by atoms with E-state index in [2.05, 4.69) is 15.5 Å². The van der Waals surface area contributed by atoms with E-state index in [-0.39, 0.29) is 11.6 Å². The maximum absolute atomic E-state index is 12.6. The molecular weight excluding hydrogens is 396 g/mol. The zero-order valence-electron chi connectivity index (χ0n) is 15.6. The summed E-state index contributed by atoms with van der Waals surface area (Å²) in [7, 11) is 0. The van der Waals surface area contributed by atoms with E-state index in [4.69, 9.17) is 11.6 Å². The molecule has 1 aromatic heterocycles. The minimum absolute atomic E-state index is 0.180. The Balaban J connectivity index is 1.67. The van der Waals surface area contributed by atoms with Gasteiger partial charge < -0.3 is 5.32 Å². The number of aromatic amines is 1. The van der Waals surface area contributed by atoms with Gasteiger partial charge in [-0.2, -0.15) is 0 Å². The van der Waals surface area contributed by atoms with Gasteiger partial charge in [-0.15, -0.1) is 5.10 Å². The minimum atomic E-state index is -0.441. The van der Waals surface area contributed by atoms with Crippen LogP contribution in [-0.4, -0.2) is 25.9 Å². The third-order valence-corrected chi connectivity index (χ3v) is 5.62. The highest BCUT2D eigenvalue weighted by Gasteiger charge is 2.19. The van der Waals surface area contributed by atoms with Crippen molar-refractivity contribution in [2.75, 3.05) is 5.32 Å². The third-order valence-electron chi connectivity index (χ3n) is 4.30. The fraction of sp³-hybridized carbons (Fsp3) is 0.250. The molecule has 28 heavy (non-hydrogen) atoms. The topological polar surface area (TPSA) is 79.8 Å². The van der Waals surface area contributed by atoms with Crippen LogP contribution in [-0.2, 0) is 17.8 Å². The molecular formula is C20H21ClN4O2S. The van der Waals surface area contributed by atoms with Crippen molar-refractivity contribution in [3.05, 3.63) is 75.2 Å². The van der Waals surface area contributed by atoms with Crippen LogP contribution in [0.5, 0.6) is 0 Å². The van der Waals surface area contributed by atoms with Gasteiger partial charge in [0.05, 0.1) is 5.25 Å². The van der Waals surface area contributed by atoms with Crippen molar-refractivity contribution >= 4 is 35.0 Å². The van der Waals surface area contributed by atoms with Gasteiger partial charge in [-0.3, -0.25) is 9.36 Å². The van der Waals surface area contributed by atoms with Crippen LogP contribution in [0.25, 0.3) is 0 Å². The Morgan fingerprint density at radius 3 is 2.79 bits per heavy atom.